The molecule has 0 saturated carbocycles. The van der Waals surface area contributed by atoms with Gasteiger partial charge in [-0.2, -0.15) is 5.10 Å². The summed E-state index contributed by atoms with van der Waals surface area (Å²) in [7, 11) is 0. The van der Waals surface area contributed by atoms with E-state index < -0.39 is 5.97 Å². The van der Waals surface area contributed by atoms with Gasteiger partial charge in [-0.3, -0.25) is 24.5 Å². The Hall–Kier alpha value is -1.93. The molecule has 116 valence electrons. The predicted octanol–water partition coefficient (Wildman–Crippen LogP) is -0.333. The number of anilines is 1. The van der Waals surface area contributed by atoms with Crippen LogP contribution in [0.1, 0.15) is 11.4 Å². The van der Waals surface area contributed by atoms with Gasteiger partial charge in [0.2, 0.25) is 5.91 Å². The van der Waals surface area contributed by atoms with Crippen LogP contribution in [0.15, 0.2) is 0 Å². The van der Waals surface area contributed by atoms with E-state index in [1.165, 1.54) is 0 Å². The molecular formula is C13H21N5O3. The van der Waals surface area contributed by atoms with Crippen molar-refractivity contribution < 1.29 is 14.7 Å². The van der Waals surface area contributed by atoms with E-state index in [9.17, 15) is 9.59 Å². The molecule has 0 aliphatic carbocycles. The van der Waals surface area contributed by atoms with Gasteiger partial charge in [0, 0.05) is 26.2 Å². The number of H-pyrrole nitrogens is 1. The molecule has 21 heavy (non-hydrogen) atoms. The van der Waals surface area contributed by atoms with Crippen LogP contribution in [-0.2, 0) is 9.59 Å². The summed E-state index contributed by atoms with van der Waals surface area (Å²) in [5.41, 5.74) is 2.35. The zero-order valence-corrected chi connectivity index (χ0v) is 12.3. The van der Waals surface area contributed by atoms with Crippen LogP contribution in [0.4, 0.5) is 5.69 Å². The molecule has 2 heterocycles. The number of rotatable bonds is 5. The third-order valence-corrected chi connectivity index (χ3v) is 3.58. The minimum Gasteiger partial charge on any atom is -0.480 e. The number of hydrogen-bond donors (Lipinski definition) is 3. The number of nitrogens with zero attached hydrogens (tertiary/aromatic N) is 3. The number of carbonyl (C=O) groups is 2. The van der Waals surface area contributed by atoms with Crippen molar-refractivity contribution in [2.24, 2.45) is 0 Å². The van der Waals surface area contributed by atoms with E-state index >= 15 is 0 Å². The van der Waals surface area contributed by atoms with Crippen molar-refractivity contribution in [1.82, 2.24) is 20.0 Å². The predicted molar refractivity (Wildman–Crippen MR) is 77.2 cm³/mol. The second kappa shape index (κ2) is 6.68. The maximum absolute atomic E-state index is 12.0. The first kappa shape index (κ1) is 15.5. The highest BCUT2D eigenvalue weighted by molar-refractivity contribution is 5.93. The lowest BCUT2D eigenvalue weighted by atomic mass is 10.3. The number of aryl methyl sites for hydroxylation is 2. The van der Waals surface area contributed by atoms with Crippen LogP contribution in [0, 0.1) is 13.8 Å². The highest BCUT2D eigenvalue weighted by Gasteiger charge is 2.21. The van der Waals surface area contributed by atoms with Gasteiger partial charge in [-0.15, -0.1) is 0 Å². The molecule has 0 atom stereocenters. The quantitative estimate of drug-likeness (QED) is 0.687. The largest absolute Gasteiger partial charge is 0.480 e. The molecule has 8 heteroatoms. The topological polar surface area (TPSA) is 102 Å². The maximum atomic E-state index is 12.0. The Balaban J connectivity index is 1.78. The van der Waals surface area contributed by atoms with Crippen molar-refractivity contribution in [2.45, 2.75) is 13.8 Å². The first-order chi connectivity index (χ1) is 9.95. The lowest BCUT2D eigenvalue weighted by molar-refractivity contribution is -0.139. The van der Waals surface area contributed by atoms with Gasteiger partial charge in [-0.05, 0) is 13.8 Å². The molecule has 0 bridgehead atoms. The number of aliphatic carboxylic acids is 1. The Morgan fingerprint density at radius 2 is 1.76 bits per heavy atom. The highest BCUT2D eigenvalue weighted by Crippen LogP contribution is 2.15. The number of piperazine rings is 1. The van der Waals surface area contributed by atoms with Gasteiger partial charge in [0.05, 0.1) is 30.2 Å². The number of aromatic nitrogens is 2. The van der Waals surface area contributed by atoms with Crippen molar-refractivity contribution in [1.29, 1.82) is 0 Å². The zero-order valence-electron chi connectivity index (χ0n) is 12.3. The lowest BCUT2D eigenvalue weighted by Gasteiger charge is -2.33. The van der Waals surface area contributed by atoms with Crippen LogP contribution in [0.25, 0.3) is 0 Å². The fraction of sp³-hybridized carbons (Fsp3) is 0.615. The van der Waals surface area contributed by atoms with Crippen molar-refractivity contribution >= 4 is 17.6 Å². The van der Waals surface area contributed by atoms with Crippen LogP contribution in [0.5, 0.6) is 0 Å². The molecule has 0 unspecified atom stereocenters. The highest BCUT2D eigenvalue weighted by atomic mass is 16.4. The molecule has 1 amide bonds. The van der Waals surface area contributed by atoms with Gasteiger partial charge in [-0.25, -0.2) is 0 Å². The zero-order chi connectivity index (χ0) is 15.4. The van der Waals surface area contributed by atoms with E-state index in [2.05, 4.69) is 15.5 Å². The SMILES string of the molecule is Cc1n[nH]c(C)c1NC(=O)CN1CCN(CC(=O)O)CC1. The number of carboxylic acid groups (broad SMARTS) is 1. The first-order valence-corrected chi connectivity index (χ1v) is 6.93. The monoisotopic (exact) mass is 295 g/mol. The standard InChI is InChI=1S/C13H21N5O3/c1-9-13(10(2)16-15-9)14-11(19)7-17-3-5-18(6-4-17)8-12(20)21/h3-8H2,1-2H3,(H,14,19)(H,15,16)(H,20,21). The Bertz CT molecular complexity index is 500. The van der Waals surface area contributed by atoms with Gasteiger partial charge in [0.15, 0.2) is 0 Å². The second-order valence-corrected chi connectivity index (χ2v) is 5.30. The Morgan fingerprint density at radius 1 is 1.19 bits per heavy atom. The number of aromatic amines is 1. The normalized spacial score (nSPS) is 16.9. The second-order valence-electron chi connectivity index (χ2n) is 5.30. The Labute approximate surface area is 123 Å². The maximum Gasteiger partial charge on any atom is 0.317 e. The van der Waals surface area contributed by atoms with Crippen molar-refractivity contribution in [3.05, 3.63) is 11.4 Å². The molecule has 1 aromatic rings. The van der Waals surface area contributed by atoms with Crippen molar-refractivity contribution in [3.8, 4) is 0 Å². The fourth-order valence-corrected chi connectivity index (χ4v) is 2.41. The van der Waals surface area contributed by atoms with Gasteiger partial charge in [0.25, 0.3) is 0 Å². The summed E-state index contributed by atoms with van der Waals surface area (Å²) in [5, 5.41) is 18.5. The molecule has 3 N–H and O–H groups in total. The average molecular weight is 295 g/mol. The van der Waals surface area contributed by atoms with E-state index in [0.29, 0.717) is 32.7 Å². The summed E-state index contributed by atoms with van der Waals surface area (Å²) in [6.07, 6.45) is 0. The Kier molecular flexibility index (Phi) is 4.92. The molecule has 0 spiro atoms. The number of carboxylic acids is 1. The fourth-order valence-electron chi connectivity index (χ4n) is 2.41. The third kappa shape index (κ3) is 4.27. The lowest BCUT2D eigenvalue weighted by Crippen LogP contribution is -2.49. The minimum atomic E-state index is -0.813. The summed E-state index contributed by atoms with van der Waals surface area (Å²) in [5.74, 6) is -0.888. The summed E-state index contributed by atoms with van der Waals surface area (Å²) in [6.45, 7) is 6.81. The molecule has 1 saturated heterocycles. The molecular weight excluding hydrogens is 274 g/mol. The van der Waals surface area contributed by atoms with Crippen molar-refractivity contribution in [2.75, 3.05) is 44.6 Å². The first-order valence-electron chi connectivity index (χ1n) is 6.93. The number of nitrogens with one attached hydrogen (secondary N) is 2. The molecule has 1 aliphatic rings. The third-order valence-electron chi connectivity index (χ3n) is 3.58. The van der Waals surface area contributed by atoms with Gasteiger partial charge in [-0.1, -0.05) is 0 Å². The van der Waals surface area contributed by atoms with Crippen LogP contribution in [0.2, 0.25) is 0 Å². The van der Waals surface area contributed by atoms with E-state index in [0.717, 1.165) is 17.1 Å². The molecule has 1 aliphatic heterocycles. The number of amides is 1. The molecule has 2 rings (SSSR count). The van der Waals surface area contributed by atoms with Gasteiger partial charge in [0.1, 0.15) is 0 Å². The molecule has 1 fully saturated rings. The van der Waals surface area contributed by atoms with Crippen LogP contribution < -0.4 is 5.32 Å². The summed E-state index contributed by atoms with van der Waals surface area (Å²) in [4.78, 5) is 26.6. The number of hydrogen-bond acceptors (Lipinski definition) is 5. The van der Waals surface area contributed by atoms with Crippen LogP contribution in [0.3, 0.4) is 0 Å². The summed E-state index contributed by atoms with van der Waals surface area (Å²) >= 11 is 0. The van der Waals surface area contributed by atoms with Crippen LogP contribution in [-0.4, -0.2) is 76.2 Å². The van der Waals surface area contributed by atoms with Gasteiger partial charge >= 0.3 is 5.97 Å². The van der Waals surface area contributed by atoms with Gasteiger partial charge < -0.3 is 10.4 Å². The van der Waals surface area contributed by atoms with Crippen molar-refractivity contribution in [3.63, 3.8) is 0 Å². The smallest absolute Gasteiger partial charge is 0.317 e. The average Bonchev–Trinajstić information content (AvgIpc) is 2.72. The molecule has 8 nitrogen and oxygen atoms in total. The van der Waals surface area contributed by atoms with E-state index in [-0.39, 0.29) is 12.5 Å². The van der Waals surface area contributed by atoms with E-state index in [4.69, 9.17) is 5.11 Å². The molecule has 0 aromatic carbocycles. The minimum absolute atomic E-state index is 0.0629. The van der Waals surface area contributed by atoms with E-state index in [1.54, 1.807) is 0 Å². The molecule has 1 aromatic heterocycles. The Morgan fingerprint density at radius 3 is 2.24 bits per heavy atom. The summed E-state index contributed by atoms with van der Waals surface area (Å²) < 4.78 is 0. The number of carbonyl (C=O) groups excluding carboxylic acids is 1. The summed E-state index contributed by atoms with van der Waals surface area (Å²) in [6, 6.07) is 0. The van der Waals surface area contributed by atoms with Crippen LogP contribution >= 0.6 is 0 Å². The van der Waals surface area contributed by atoms with E-state index in [1.807, 2.05) is 23.6 Å². The molecule has 0 radical (unpaired) electrons.